The second-order valence-electron chi connectivity index (χ2n) is 3.14. The van der Waals surface area contributed by atoms with E-state index in [-0.39, 0.29) is 25.0 Å². The van der Waals surface area contributed by atoms with Gasteiger partial charge in [-0.2, -0.15) is 0 Å². The van der Waals surface area contributed by atoms with Crippen LogP contribution in [0.5, 0.6) is 0 Å². The number of fused-ring (bicyclic) bond motifs is 1. The Hall–Kier alpha value is -0.940. The summed E-state index contributed by atoms with van der Waals surface area (Å²) in [5.74, 6) is -0.447. The van der Waals surface area contributed by atoms with Crippen LogP contribution in [-0.2, 0) is 23.8 Å². The van der Waals surface area contributed by atoms with Crippen molar-refractivity contribution in [3.8, 4) is 0 Å². The SMILES string of the molecule is CC(=O)O[C@H]1CO[C@@H]2C(=O)CO[C@H]12. The van der Waals surface area contributed by atoms with Gasteiger partial charge in [-0.05, 0) is 0 Å². The standard InChI is InChI=1S/C8H10O5/c1-4(9)13-6-3-12-7-5(10)2-11-8(6)7/h6-8H,2-3H2,1H3/t6-,7+,8+/m0/s1. The van der Waals surface area contributed by atoms with Crippen LogP contribution in [0.15, 0.2) is 0 Å². The van der Waals surface area contributed by atoms with Crippen LogP contribution < -0.4 is 0 Å². The molecule has 5 heteroatoms. The van der Waals surface area contributed by atoms with E-state index in [9.17, 15) is 9.59 Å². The molecular formula is C8H10O5. The largest absolute Gasteiger partial charge is 0.457 e. The van der Waals surface area contributed by atoms with Gasteiger partial charge in [-0.3, -0.25) is 9.59 Å². The maximum Gasteiger partial charge on any atom is 0.303 e. The summed E-state index contributed by atoms with van der Waals surface area (Å²) in [4.78, 5) is 21.7. The molecule has 3 atom stereocenters. The fourth-order valence-electron chi connectivity index (χ4n) is 1.63. The Morgan fingerprint density at radius 1 is 1.54 bits per heavy atom. The average Bonchev–Trinajstić information content (AvgIpc) is 2.56. The summed E-state index contributed by atoms with van der Waals surface area (Å²) in [5.41, 5.74) is 0. The minimum absolute atomic E-state index is 0.0626. The number of hydrogen-bond donors (Lipinski definition) is 0. The van der Waals surface area contributed by atoms with Crippen LogP contribution in [0.25, 0.3) is 0 Å². The molecule has 13 heavy (non-hydrogen) atoms. The van der Waals surface area contributed by atoms with Crippen LogP contribution in [-0.4, -0.2) is 43.3 Å². The molecule has 0 aromatic heterocycles. The molecule has 2 aliphatic rings. The lowest BCUT2D eigenvalue weighted by Gasteiger charge is -2.14. The van der Waals surface area contributed by atoms with Gasteiger partial charge in [-0.25, -0.2) is 0 Å². The quantitative estimate of drug-likeness (QED) is 0.506. The second-order valence-corrected chi connectivity index (χ2v) is 3.14. The first-order valence-corrected chi connectivity index (χ1v) is 4.11. The summed E-state index contributed by atoms with van der Waals surface area (Å²) >= 11 is 0. The van der Waals surface area contributed by atoms with Crippen LogP contribution in [0.4, 0.5) is 0 Å². The Labute approximate surface area is 74.9 Å². The molecule has 0 unspecified atom stereocenters. The van der Waals surface area contributed by atoms with Crippen LogP contribution in [0.2, 0.25) is 0 Å². The molecular weight excluding hydrogens is 176 g/mol. The second kappa shape index (κ2) is 3.08. The first-order chi connectivity index (χ1) is 6.18. The summed E-state index contributed by atoms with van der Waals surface area (Å²) in [6.45, 7) is 1.64. The zero-order valence-corrected chi connectivity index (χ0v) is 7.19. The van der Waals surface area contributed by atoms with Crippen molar-refractivity contribution in [3.05, 3.63) is 0 Å². The first-order valence-electron chi connectivity index (χ1n) is 4.11. The number of carbonyl (C=O) groups is 2. The van der Waals surface area contributed by atoms with E-state index in [1.54, 1.807) is 0 Å². The summed E-state index contributed by atoms with van der Waals surface area (Å²) < 4.78 is 15.2. The van der Waals surface area contributed by atoms with Crippen molar-refractivity contribution < 1.29 is 23.8 Å². The fourth-order valence-corrected chi connectivity index (χ4v) is 1.63. The van der Waals surface area contributed by atoms with E-state index in [0.717, 1.165) is 0 Å². The molecule has 0 aliphatic carbocycles. The van der Waals surface area contributed by atoms with E-state index < -0.39 is 18.3 Å². The fraction of sp³-hybridized carbons (Fsp3) is 0.750. The molecule has 2 rings (SSSR count). The first kappa shape index (κ1) is 8.65. The minimum atomic E-state index is -0.524. The topological polar surface area (TPSA) is 61.8 Å². The van der Waals surface area contributed by atoms with Gasteiger partial charge in [0.05, 0.1) is 6.61 Å². The molecule has 0 N–H and O–H groups in total. The molecule has 0 amide bonds. The van der Waals surface area contributed by atoms with Gasteiger partial charge in [0, 0.05) is 6.92 Å². The molecule has 0 saturated carbocycles. The van der Waals surface area contributed by atoms with E-state index in [0.29, 0.717) is 0 Å². The molecule has 2 fully saturated rings. The molecule has 2 heterocycles. The third kappa shape index (κ3) is 1.45. The predicted molar refractivity (Wildman–Crippen MR) is 40.0 cm³/mol. The molecule has 0 aromatic rings. The average molecular weight is 186 g/mol. The van der Waals surface area contributed by atoms with Crippen LogP contribution in [0.3, 0.4) is 0 Å². The highest BCUT2D eigenvalue weighted by atomic mass is 16.6. The minimum Gasteiger partial charge on any atom is -0.457 e. The Bertz CT molecular complexity index is 249. The van der Waals surface area contributed by atoms with Gasteiger partial charge in [0.1, 0.15) is 18.8 Å². The third-order valence-corrected chi connectivity index (χ3v) is 2.16. The van der Waals surface area contributed by atoms with E-state index in [1.165, 1.54) is 6.92 Å². The van der Waals surface area contributed by atoms with Crippen molar-refractivity contribution in [2.45, 2.75) is 25.2 Å². The van der Waals surface area contributed by atoms with E-state index in [4.69, 9.17) is 14.2 Å². The Morgan fingerprint density at radius 2 is 2.31 bits per heavy atom. The lowest BCUT2D eigenvalue weighted by molar-refractivity contribution is -0.150. The Kier molecular flexibility index (Phi) is 2.05. The van der Waals surface area contributed by atoms with Crippen LogP contribution in [0.1, 0.15) is 6.92 Å². The summed E-state index contributed by atoms with van der Waals surface area (Å²) in [7, 11) is 0. The van der Waals surface area contributed by atoms with E-state index >= 15 is 0 Å². The predicted octanol–water partition coefficient (Wildman–Crippen LogP) is -0.715. The van der Waals surface area contributed by atoms with Gasteiger partial charge in [0.2, 0.25) is 0 Å². The van der Waals surface area contributed by atoms with Gasteiger partial charge < -0.3 is 14.2 Å². The molecule has 0 spiro atoms. The zero-order valence-electron chi connectivity index (χ0n) is 7.19. The highest BCUT2D eigenvalue weighted by Gasteiger charge is 2.48. The third-order valence-electron chi connectivity index (χ3n) is 2.16. The van der Waals surface area contributed by atoms with Crippen molar-refractivity contribution in [1.29, 1.82) is 0 Å². The van der Waals surface area contributed by atoms with Gasteiger partial charge in [0.15, 0.2) is 11.9 Å². The number of ether oxygens (including phenoxy) is 3. The molecule has 0 radical (unpaired) electrons. The van der Waals surface area contributed by atoms with Crippen molar-refractivity contribution in [2.24, 2.45) is 0 Å². The van der Waals surface area contributed by atoms with E-state index in [1.807, 2.05) is 0 Å². The molecule has 72 valence electrons. The monoisotopic (exact) mass is 186 g/mol. The Morgan fingerprint density at radius 3 is 3.00 bits per heavy atom. The molecule has 2 saturated heterocycles. The number of Topliss-reactive ketones (excluding diaryl/α,β-unsaturated/α-hetero) is 1. The number of carbonyl (C=O) groups excluding carboxylic acids is 2. The summed E-state index contributed by atoms with van der Waals surface area (Å²) in [6, 6.07) is 0. The number of esters is 1. The van der Waals surface area contributed by atoms with Crippen molar-refractivity contribution in [1.82, 2.24) is 0 Å². The van der Waals surface area contributed by atoms with Gasteiger partial charge in [-0.15, -0.1) is 0 Å². The van der Waals surface area contributed by atoms with Crippen LogP contribution in [0, 0.1) is 0 Å². The van der Waals surface area contributed by atoms with Gasteiger partial charge in [-0.1, -0.05) is 0 Å². The normalized spacial score (nSPS) is 37.6. The number of rotatable bonds is 1. The van der Waals surface area contributed by atoms with Gasteiger partial charge >= 0.3 is 5.97 Å². The van der Waals surface area contributed by atoms with Gasteiger partial charge in [0.25, 0.3) is 0 Å². The summed E-state index contributed by atoms with van der Waals surface area (Å²) in [6.07, 6.45) is -1.34. The highest BCUT2D eigenvalue weighted by molar-refractivity contribution is 5.87. The summed E-state index contributed by atoms with van der Waals surface area (Å²) in [5, 5.41) is 0. The molecule has 2 aliphatic heterocycles. The van der Waals surface area contributed by atoms with E-state index in [2.05, 4.69) is 0 Å². The maximum atomic E-state index is 11.1. The maximum absolute atomic E-state index is 11.1. The molecule has 0 bridgehead atoms. The number of hydrogen-bond acceptors (Lipinski definition) is 5. The lowest BCUT2D eigenvalue weighted by Crippen LogP contribution is -2.32. The highest BCUT2D eigenvalue weighted by Crippen LogP contribution is 2.26. The molecule has 5 nitrogen and oxygen atoms in total. The zero-order chi connectivity index (χ0) is 9.42. The van der Waals surface area contributed by atoms with Crippen molar-refractivity contribution in [3.63, 3.8) is 0 Å². The lowest BCUT2D eigenvalue weighted by atomic mass is 10.1. The number of ketones is 1. The smallest absolute Gasteiger partial charge is 0.303 e. The van der Waals surface area contributed by atoms with Crippen molar-refractivity contribution >= 4 is 11.8 Å². The van der Waals surface area contributed by atoms with Crippen molar-refractivity contribution in [2.75, 3.05) is 13.2 Å². The molecule has 0 aromatic carbocycles. The van der Waals surface area contributed by atoms with Crippen LogP contribution >= 0.6 is 0 Å². The Balaban J connectivity index is 2.02.